The van der Waals surface area contributed by atoms with Gasteiger partial charge in [-0.25, -0.2) is 0 Å². The number of para-hydroxylation sites is 1. The maximum atomic E-state index is 12.7. The van der Waals surface area contributed by atoms with Crippen LogP contribution in [0.5, 0.6) is 0 Å². The molecule has 1 aromatic carbocycles. The zero-order valence-corrected chi connectivity index (χ0v) is 17.9. The van der Waals surface area contributed by atoms with E-state index in [2.05, 4.69) is 17.2 Å². The van der Waals surface area contributed by atoms with Gasteiger partial charge in [-0.3, -0.25) is 14.5 Å². The summed E-state index contributed by atoms with van der Waals surface area (Å²) in [4.78, 5) is 28.4. The third kappa shape index (κ3) is 6.42. The molecule has 5 nitrogen and oxygen atoms in total. The Labute approximate surface area is 180 Å². The number of amides is 2. The number of anilines is 1. The Kier molecular flexibility index (Phi) is 7.86. The molecule has 1 aromatic heterocycles. The van der Waals surface area contributed by atoms with E-state index in [-0.39, 0.29) is 24.4 Å². The lowest BCUT2D eigenvalue weighted by Gasteiger charge is -2.20. The predicted octanol–water partition coefficient (Wildman–Crippen LogP) is 4.70. The molecule has 0 radical (unpaired) electrons. The average molecular weight is 432 g/mol. The number of nitrogens with one attached hydrogen (secondary N) is 2. The molecule has 7 heteroatoms. The first-order chi connectivity index (χ1) is 14.0. The number of carbonyl (C=O) groups is 2. The second kappa shape index (κ2) is 10.6. The van der Waals surface area contributed by atoms with Crippen LogP contribution < -0.4 is 10.6 Å². The molecular weight excluding hydrogens is 406 g/mol. The van der Waals surface area contributed by atoms with Crippen LogP contribution in [-0.4, -0.2) is 35.8 Å². The lowest BCUT2D eigenvalue weighted by atomic mass is 10.1. The standard InChI is InChI=1S/C22H26ClN3O2S/c1-2-13-26(14-17-11-12-20(23)29-17)15-21(27)25-19-10-6-5-9-18(19)22(28)24-16-7-3-4-8-16/h2,5-6,9-12,16H,1,3-4,7-8,13-15H2,(H,24,28)(H,25,27). The first kappa shape index (κ1) is 21.6. The van der Waals surface area contributed by atoms with E-state index in [1.54, 1.807) is 18.2 Å². The Balaban J connectivity index is 1.62. The van der Waals surface area contributed by atoms with Gasteiger partial charge in [0.05, 0.1) is 22.1 Å². The van der Waals surface area contributed by atoms with Crippen LogP contribution in [0.1, 0.15) is 40.9 Å². The molecule has 0 saturated heterocycles. The lowest BCUT2D eigenvalue weighted by molar-refractivity contribution is -0.117. The molecule has 2 aromatic rings. The minimum Gasteiger partial charge on any atom is -0.349 e. The summed E-state index contributed by atoms with van der Waals surface area (Å²) in [5, 5.41) is 5.98. The van der Waals surface area contributed by atoms with E-state index in [9.17, 15) is 9.59 Å². The van der Waals surface area contributed by atoms with E-state index < -0.39 is 0 Å². The van der Waals surface area contributed by atoms with Gasteiger partial charge in [-0.1, -0.05) is 42.7 Å². The van der Waals surface area contributed by atoms with Gasteiger partial charge in [-0.2, -0.15) is 0 Å². The van der Waals surface area contributed by atoms with E-state index in [0.29, 0.717) is 24.3 Å². The van der Waals surface area contributed by atoms with Crippen molar-refractivity contribution < 1.29 is 9.59 Å². The summed E-state index contributed by atoms with van der Waals surface area (Å²) < 4.78 is 0.727. The number of hydrogen-bond donors (Lipinski definition) is 2. The molecular formula is C22H26ClN3O2S. The summed E-state index contributed by atoms with van der Waals surface area (Å²) in [7, 11) is 0. The first-order valence-corrected chi connectivity index (χ1v) is 11.0. The van der Waals surface area contributed by atoms with Crippen molar-refractivity contribution in [1.82, 2.24) is 10.2 Å². The van der Waals surface area contributed by atoms with Crippen molar-refractivity contribution in [2.75, 3.05) is 18.4 Å². The number of benzene rings is 1. The van der Waals surface area contributed by atoms with Crippen molar-refractivity contribution >= 4 is 40.4 Å². The lowest BCUT2D eigenvalue weighted by Crippen LogP contribution is -2.35. The fourth-order valence-corrected chi connectivity index (χ4v) is 4.67. The van der Waals surface area contributed by atoms with Crippen LogP contribution >= 0.6 is 22.9 Å². The highest BCUT2D eigenvalue weighted by Crippen LogP contribution is 2.23. The van der Waals surface area contributed by atoms with Crippen LogP contribution in [0, 0.1) is 0 Å². The number of rotatable bonds is 9. The topological polar surface area (TPSA) is 61.4 Å². The first-order valence-electron chi connectivity index (χ1n) is 9.82. The van der Waals surface area contributed by atoms with Gasteiger partial charge in [-0.15, -0.1) is 17.9 Å². The monoisotopic (exact) mass is 431 g/mol. The molecule has 0 spiro atoms. The quantitative estimate of drug-likeness (QED) is 0.565. The van der Waals surface area contributed by atoms with Crippen molar-refractivity contribution in [3.05, 3.63) is 63.8 Å². The molecule has 1 aliphatic carbocycles. The average Bonchev–Trinajstić information content (AvgIpc) is 3.34. The van der Waals surface area contributed by atoms with Crippen LogP contribution in [0.3, 0.4) is 0 Å². The van der Waals surface area contributed by atoms with E-state index in [4.69, 9.17) is 11.6 Å². The van der Waals surface area contributed by atoms with E-state index in [0.717, 1.165) is 34.9 Å². The summed E-state index contributed by atoms with van der Waals surface area (Å²) in [6.07, 6.45) is 6.11. The fraction of sp³-hybridized carbons (Fsp3) is 0.364. The molecule has 1 aliphatic rings. The minimum atomic E-state index is -0.171. The Morgan fingerprint density at radius 3 is 2.66 bits per heavy atom. The molecule has 2 amide bonds. The molecule has 1 fully saturated rings. The van der Waals surface area contributed by atoms with E-state index in [1.807, 2.05) is 29.2 Å². The molecule has 0 aliphatic heterocycles. The molecule has 2 N–H and O–H groups in total. The van der Waals surface area contributed by atoms with Gasteiger partial charge in [0, 0.05) is 24.0 Å². The second-order valence-corrected chi connectivity index (χ2v) is 9.01. The zero-order chi connectivity index (χ0) is 20.6. The van der Waals surface area contributed by atoms with Gasteiger partial charge in [0.2, 0.25) is 5.91 Å². The van der Waals surface area contributed by atoms with E-state index in [1.165, 1.54) is 11.3 Å². The van der Waals surface area contributed by atoms with Crippen LogP contribution in [0.2, 0.25) is 4.34 Å². The highest BCUT2D eigenvalue weighted by atomic mass is 35.5. The van der Waals surface area contributed by atoms with Gasteiger partial charge >= 0.3 is 0 Å². The summed E-state index contributed by atoms with van der Waals surface area (Å²) in [6, 6.07) is 11.2. The van der Waals surface area contributed by atoms with Crippen molar-refractivity contribution in [1.29, 1.82) is 0 Å². The highest BCUT2D eigenvalue weighted by molar-refractivity contribution is 7.16. The minimum absolute atomic E-state index is 0.135. The number of hydrogen-bond acceptors (Lipinski definition) is 4. The maximum absolute atomic E-state index is 12.7. The maximum Gasteiger partial charge on any atom is 0.253 e. The van der Waals surface area contributed by atoms with Gasteiger partial charge in [0.15, 0.2) is 0 Å². The second-order valence-electron chi connectivity index (χ2n) is 7.21. The van der Waals surface area contributed by atoms with Crippen molar-refractivity contribution in [2.45, 2.75) is 38.3 Å². The van der Waals surface area contributed by atoms with Crippen molar-refractivity contribution in [3.63, 3.8) is 0 Å². The third-order valence-electron chi connectivity index (χ3n) is 4.90. The van der Waals surface area contributed by atoms with E-state index >= 15 is 0 Å². The third-order valence-corrected chi connectivity index (χ3v) is 6.11. The zero-order valence-electron chi connectivity index (χ0n) is 16.3. The number of carbonyl (C=O) groups excluding carboxylic acids is 2. The molecule has 0 bridgehead atoms. The van der Waals surface area contributed by atoms with Crippen LogP contribution in [0.25, 0.3) is 0 Å². The predicted molar refractivity (Wildman–Crippen MR) is 120 cm³/mol. The van der Waals surface area contributed by atoms with Gasteiger partial charge in [-0.05, 0) is 37.1 Å². The summed E-state index contributed by atoms with van der Waals surface area (Å²) in [6.45, 7) is 5.16. The molecule has 29 heavy (non-hydrogen) atoms. The molecule has 0 unspecified atom stereocenters. The number of nitrogens with zero attached hydrogens (tertiary/aromatic N) is 1. The van der Waals surface area contributed by atoms with Crippen LogP contribution in [-0.2, 0) is 11.3 Å². The fourth-order valence-electron chi connectivity index (χ4n) is 3.54. The largest absolute Gasteiger partial charge is 0.349 e. The van der Waals surface area contributed by atoms with Gasteiger partial charge in [0.25, 0.3) is 5.91 Å². The highest BCUT2D eigenvalue weighted by Gasteiger charge is 2.20. The summed E-state index contributed by atoms with van der Waals surface area (Å²) >= 11 is 7.50. The molecule has 1 saturated carbocycles. The number of thiophene rings is 1. The van der Waals surface area contributed by atoms with Gasteiger partial charge < -0.3 is 10.6 Å². The summed E-state index contributed by atoms with van der Waals surface area (Å²) in [5.74, 6) is -0.306. The van der Waals surface area contributed by atoms with Crippen LogP contribution in [0.15, 0.2) is 49.1 Å². The Bertz CT molecular complexity index is 861. The molecule has 154 valence electrons. The molecule has 3 rings (SSSR count). The molecule has 0 atom stereocenters. The Morgan fingerprint density at radius 1 is 1.21 bits per heavy atom. The van der Waals surface area contributed by atoms with Gasteiger partial charge in [0.1, 0.15) is 0 Å². The molecule has 1 heterocycles. The van der Waals surface area contributed by atoms with Crippen molar-refractivity contribution in [2.24, 2.45) is 0 Å². The van der Waals surface area contributed by atoms with Crippen LogP contribution in [0.4, 0.5) is 5.69 Å². The Hall–Kier alpha value is -2.15. The summed E-state index contributed by atoms with van der Waals surface area (Å²) in [5.41, 5.74) is 1.03. The number of halogens is 1. The Morgan fingerprint density at radius 2 is 1.97 bits per heavy atom. The SMILES string of the molecule is C=CCN(CC(=O)Nc1ccccc1C(=O)NC1CCCC1)Cc1ccc(Cl)s1. The smallest absolute Gasteiger partial charge is 0.253 e. The van der Waals surface area contributed by atoms with Crippen molar-refractivity contribution in [3.8, 4) is 0 Å². The normalized spacial score (nSPS) is 14.1.